The van der Waals surface area contributed by atoms with Crippen LogP contribution in [0, 0.1) is 19.8 Å². The Kier molecular flexibility index (Phi) is 3.47. The summed E-state index contributed by atoms with van der Waals surface area (Å²) >= 11 is 0. The molecule has 1 fully saturated rings. The Morgan fingerprint density at radius 1 is 1.65 bits per heavy atom. The summed E-state index contributed by atoms with van der Waals surface area (Å²) in [6.07, 6.45) is 0. The predicted octanol–water partition coefficient (Wildman–Crippen LogP) is 0.397. The minimum Gasteiger partial charge on any atom is -0.354 e. The van der Waals surface area contributed by atoms with Crippen molar-refractivity contribution in [3.8, 4) is 0 Å². The molecule has 1 atom stereocenters. The van der Waals surface area contributed by atoms with Crippen molar-refractivity contribution in [3.63, 3.8) is 0 Å². The highest BCUT2D eigenvalue weighted by Crippen LogP contribution is 2.10. The monoisotopic (exact) mass is 236 g/mol. The van der Waals surface area contributed by atoms with Crippen LogP contribution in [0.3, 0.4) is 0 Å². The fourth-order valence-corrected chi connectivity index (χ4v) is 2.05. The number of nitrogens with one attached hydrogen (secondary N) is 2. The first-order valence-electron chi connectivity index (χ1n) is 6.09. The Labute approximate surface area is 102 Å². The van der Waals surface area contributed by atoms with Crippen molar-refractivity contribution in [2.75, 3.05) is 19.6 Å². The van der Waals surface area contributed by atoms with Gasteiger partial charge in [0.15, 0.2) is 0 Å². The van der Waals surface area contributed by atoms with E-state index in [-0.39, 0.29) is 17.9 Å². The molecule has 1 saturated heterocycles. The van der Waals surface area contributed by atoms with Gasteiger partial charge in [-0.15, -0.1) is 0 Å². The van der Waals surface area contributed by atoms with E-state index in [1.54, 1.807) is 0 Å². The smallest absolute Gasteiger partial charge is 0.225 e. The van der Waals surface area contributed by atoms with E-state index in [0.29, 0.717) is 6.54 Å². The van der Waals surface area contributed by atoms with Gasteiger partial charge in [-0.05, 0) is 26.8 Å². The molecule has 5 heteroatoms. The largest absolute Gasteiger partial charge is 0.354 e. The van der Waals surface area contributed by atoms with Crippen molar-refractivity contribution >= 4 is 5.91 Å². The normalized spacial score (nSPS) is 17.6. The Bertz CT molecular complexity index is 409. The van der Waals surface area contributed by atoms with E-state index in [2.05, 4.69) is 22.7 Å². The lowest BCUT2D eigenvalue weighted by Gasteiger charge is -2.26. The Hall–Kier alpha value is -1.36. The fourth-order valence-electron chi connectivity index (χ4n) is 2.05. The summed E-state index contributed by atoms with van der Waals surface area (Å²) in [7, 11) is 0. The zero-order valence-corrected chi connectivity index (χ0v) is 10.7. The molecule has 1 unspecified atom stereocenters. The molecule has 0 spiro atoms. The molecule has 1 aromatic rings. The van der Waals surface area contributed by atoms with E-state index in [0.717, 1.165) is 24.5 Å². The average Bonchev–Trinajstić information content (AvgIpc) is 2.51. The number of aryl methyl sites for hydroxylation is 2. The standard InChI is InChI=1S/C12H20N4O/c1-8-4-9(2)16(15-8)10(3)5-14-12(17)11-6-13-7-11/h4,10-11,13H,5-7H2,1-3H3,(H,14,17). The molecule has 0 bridgehead atoms. The van der Waals surface area contributed by atoms with Crippen LogP contribution in [-0.2, 0) is 4.79 Å². The van der Waals surface area contributed by atoms with E-state index < -0.39 is 0 Å². The molecule has 17 heavy (non-hydrogen) atoms. The number of hydrogen-bond donors (Lipinski definition) is 2. The van der Waals surface area contributed by atoms with Crippen LogP contribution in [0.5, 0.6) is 0 Å². The molecule has 5 nitrogen and oxygen atoms in total. The van der Waals surface area contributed by atoms with Gasteiger partial charge < -0.3 is 10.6 Å². The summed E-state index contributed by atoms with van der Waals surface area (Å²) < 4.78 is 1.97. The summed E-state index contributed by atoms with van der Waals surface area (Å²) in [4.78, 5) is 11.7. The third kappa shape index (κ3) is 2.66. The molecule has 1 aliphatic rings. The molecule has 0 aromatic carbocycles. The molecule has 2 rings (SSSR count). The molecule has 1 aromatic heterocycles. The highest BCUT2D eigenvalue weighted by Gasteiger charge is 2.24. The molecule has 2 N–H and O–H groups in total. The van der Waals surface area contributed by atoms with Gasteiger partial charge in [0.05, 0.1) is 17.7 Å². The van der Waals surface area contributed by atoms with E-state index >= 15 is 0 Å². The van der Waals surface area contributed by atoms with Gasteiger partial charge in [0.1, 0.15) is 0 Å². The maximum Gasteiger partial charge on any atom is 0.225 e. The summed E-state index contributed by atoms with van der Waals surface area (Å²) in [5, 5.41) is 10.5. The predicted molar refractivity (Wildman–Crippen MR) is 65.8 cm³/mol. The van der Waals surface area contributed by atoms with Gasteiger partial charge >= 0.3 is 0 Å². The second kappa shape index (κ2) is 4.87. The zero-order chi connectivity index (χ0) is 12.4. The summed E-state index contributed by atoms with van der Waals surface area (Å²) in [5.41, 5.74) is 2.15. The van der Waals surface area contributed by atoms with Crippen LogP contribution in [0.2, 0.25) is 0 Å². The quantitative estimate of drug-likeness (QED) is 0.795. The molecule has 1 aliphatic heterocycles. The molecular weight excluding hydrogens is 216 g/mol. The highest BCUT2D eigenvalue weighted by molar-refractivity contribution is 5.79. The third-order valence-electron chi connectivity index (χ3n) is 3.19. The van der Waals surface area contributed by atoms with Crippen LogP contribution in [0.15, 0.2) is 6.07 Å². The first kappa shape index (κ1) is 12.1. The summed E-state index contributed by atoms with van der Waals surface area (Å²) in [5.74, 6) is 0.305. The highest BCUT2D eigenvalue weighted by atomic mass is 16.2. The van der Waals surface area contributed by atoms with Crippen molar-refractivity contribution in [2.45, 2.75) is 26.8 Å². The van der Waals surface area contributed by atoms with Crippen molar-refractivity contribution in [2.24, 2.45) is 5.92 Å². The number of carbonyl (C=O) groups is 1. The minimum absolute atomic E-state index is 0.150. The second-order valence-corrected chi connectivity index (χ2v) is 4.82. The van der Waals surface area contributed by atoms with E-state index in [1.807, 2.05) is 24.6 Å². The van der Waals surface area contributed by atoms with E-state index in [9.17, 15) is 4.79 Å². The Morgan fingerprint density at radius 2 is 2.35 bits per heavy atom. The van der Waals surface area contributed by atoms with Crippen molar-refractivity contribution < 1.29 is 4.79 Å². The van der Waals surface area contributed by atoms with Crippen LogP contribution >= 0.6 is 0 Å². The lowest BCUT2D eigenvalue weighted by Crippen LogP contribution is -2.51. The number of carbonyl (C=O) groups excluding carboxylic acids is 1. The van der Waals surface area contributed by atoms with Gasteiger partial charge in [-0.2, -0.15) is 5.10 Å². The Balaban J connectivity index is 1.86. The van der Waals surface area contributed by atoms with Gasteiger partial charge in [0.25, 0.3) is 0 Å². The zero-order valence-electron chi connectivity index (χ0n) is 10.7. The number of rotatable bonds is 4. The molecular formula is C12H20N4O. The topological polar surface area (TPSA) is 59.0 Å². The molecule has 1 amide bonds. The SMILES string of the molecule is Cc1cc(C)n(C(C)CNC(=O)C2CNC2)n1. The van der Waals surface area contributed by atoms with Crippen LogP contribution in [0.25, 0.3) is 0 Å². The minimum atomic E-state index is 0.150. The number of amides is 1. The van der Waals surface area contributed by atoms with Crippen LogP contribution in [0.4, 0.5) is 0 Å². The van der Waals surface area contributed by atoms with Gasteiger partial charge in [0.2, 0.25) is 5.91 Å². The van der Waals surface area contributed by atoms with E-state index in [1.165, 1.54) is 0 Å². The average molecular weight is 236 g/mol. The molecule has 94 valence electrons. The third-order valence-corrected chi connectivity index (χ3v) is 3.19. The van der Waals surface area contributed by atoms with Crippen molar-refractivity contribution in [3.05, 3.63) is 17.5 Å². The van der Waals surface area contributed by atoms with Crippen molar-refractivity contribution in [1.82, 2.24) is 20.4 Å². The van der Waals surface area contributed by atoms with Crippen molar-refractivity contribution in [1.29, 1.82) is 0 Å². The molecule has 0 aliphatic carbocycles. The van der Waals surface area contributed by atoms with Gasteiger partial charge in [-0.1, -0.05) is 0 Å². The van der Waals surface area contributed by atoms with Crippen LogP contribution < -0.4 is 10.6 Å². The lowest BCUT2D eigenvalue weighted by atomic mass is 10.0. The second-order valence-electron chi connectivity index (χ2n) is 4.82. The fraction of sp³-hybridized carbons (Fsp3) is 0.667. The van der Waals surface area contributed by atoms with Gasteiger partial charge in [-0.3, -0.25) is 9.48 Å². The molecule has 2 heterocycles. The first-order chi connectivity index (χ1) is 8.08. The number of hydrogen-bond acceptors (Lipinski definition) is 3. The first-order valence-corrected chi connectivity index (χ1v) is 6.09. The number of aromatic nitrogens is 2. The molecule has 0 radical (unpaired) electrons. The lowest BCUT2D eigenvalue weighted by molar-refractivity contribution is -0.126. The van der Waals surface area contributed by atoms with E-state index in [4.69, 9.17) is 0 Å². The van der Waals surface area contributed by atoms with Crippen LogP contribution in [-0.4, -0.2) is 35.3 Å². The summed E-state index contributed by atoms with van der Waals surface area (Å²) in [6, 6.07) is 2.24. The molecule has 0 saturated carbocycles. The van der Waals surface area contributed by atoms with Crippen LogP contribution in [0.1, 0.15) is 24.4 Å². The maximum absolute atomic E-state index is 11.7. The van der Waals surface area contributed by atoms with Gasteiger partial charge in [-0.25, -0.2) is 0 Å². The van der Waals surface area contributed by atoms with Gasteiger partial charge in [0, 0.05) is 25.3 Å². The number of nitrogens with zero attached hydrogens (tertiary/aromatic N) is 2. The maximum atomic E-state index is 11.7. The Morgan fingerprint density at radius 3 is 2.82 bits per heavy atom. The summed E-state index contributed by atoms with van der Waals surface area (Å²) in [6.45, 7) is 8.33.